The molecule has 308 valence electrons. The van der Waals surface area contributed by atoms with Crippen LogP contribution in [0.5, 0.6) is 5.75 Å². The molecule has 2 aliphatic heterocycles. The van der Waals surface area contributed by atoms with E-state index in [1.54, 1.807) is 39.7 Å². The van der Waals surface area contributed by atoms with Gasteiger partial charge in [0.25, 0.3) is 11.8 Å². The van der Waals surface area contributed by atoms with Gasteiger partial charge in [0.15, 0.2) is 0 Å². The van der Waals surface area contributed by atoms with Crippen molar-refractivity contribution in [3.8, 4) is 5.75 Å². The number of halogens is 1. The minimum atomic E-state index is -3.74. The SMILES string of the molecule is CO[C@H]1/C=C/[C@H](OCc2cn(C)cn2)[C@H](C)CS(=O)(NC(=O)c2cn(C)nc2C)=NC(=O)c2ccc3c(c2)N(C[C@@H]2CC[C@H]21)C[C@@]1(CCCc2cc(Cl)ccc21)CO3. The Labute approximate surface area is 345 Å². The van der Waals surface area contributed by atoms with E-state index in [0.29, 0.717) is 30.5 Å². The van der Waals surface area contributed by atoms with Gasteiger partial charge in [-0.2, -0.15) is 5.10 Å². The van der Waals surface area contributed by atoms with E-state index in [2.05, 4.69) is 42.3 Å². The molecule has 0 saturated heterocycles. The molecule has 2 aromatic heterocycles. The lowest BCUT2D eigenvalue weighted by atomic mass is 9.68. The fraction of sp³-hybridized carbons (Fsp3) is 0.488. The lowest BCUT2D eigenvalue weighted by molar-refractivity contribution is 0.00990. The number of aromatic nitrogens is 4. The smallest absolute Gasteiger partial charge is 0.286 e. The van der Waals surface area contributed by atoms with Gasteiger partial charge in [-0.3, -0.25) is 19.0 Å². The molecule has 4 heterocycles. The molecule has 0 radical (unpaired) electrons. The summed E-state index contributed by atoms with van der Waals surface area (Å²) in [4.78, 5) is 34.9. The number of nitrogens with one attached hydrogen (secondary N) is 1. The number of rotatable bonds is 6. The molecule has 7 atom stereocenters. The largest absolute Gasteiger partial charge is 0.490 e. The molecule has 8 rings (SSSR count). The van der Waals surface area contributed by atoms with Crippen LogP contribution in [0.4, 0.5) is 5.69 Å². The molecule has 2 aliphatic carbocycles. The Hall–Kier alpha value is -4.50. The molecule has 1 spiro atoms. The zero-order valence-corrected chi connectivity index (χ0v) is 35.3. The zero-order valence-electron chi connectivity index (χ0n) is 33.7. The van der Waals surface area contributed by atoms with E-state index in [9.17, 15) is 9.59 Å². The second-order valence-corrected chi connectivity index (χ2v) is 19.0. The van der Waals surface area contributed by atoms with Crippen molar-refractivity contribution in [2.24, 2.45) is 36.2 Å². The van der Waals surface area contributed by atoms with Crippen LogP contribution in [-0.4, -0.2) is 80.1 Å². The third-order valence-electron chi connectivity index (χ3n) is 12.4. The molecule has 15 heteroatoms. The molecule has 58 heavy (non-hydrogen) atoms. The van der Waals surface area contributed by atoms with Gasteiger partial charge < -0.3 is 23.7 Å². The predicted octanol–water partition coefficient (Wildman–Crippen LogP) is 6.37. The molecular weight excluding hydrogens is 778 g/mol. The van der Waals surface area contributed by atoms with Crippen LogP contribution in [0.1, 0.15) is 75.8 Å². The van der Waals surface area contributed by atoms with Crippen LogP contribution < -0.4 is 14.4 Å². The normalized spacial score (nSPS) is 29.0. The van der Waals surface area contributed by atoms with Crippen LogP contribution in [0.2, 0.25) is 5.02 Å². The quantitative estimate of drug-likeness (QED) is 0.220. The number of carbonyl (C=O) groups is 2. The Morgan fingerprint density at radius 1 is 1.12 bits per heavy atom. The summed E-state index contributed by atoms with van der Waals surface area (Å²) in [5, 5.41) is 5.02. The van der Waals surface area contributed by atoms with Crippen LogP contribution in [-0.2, 0) is 51.9 Å². The third kappa shape index (κ3) is 8.21. The van der Waals surface area contributed by atoms with E-state index in [1.807, 2.05) is 49.0 Å². The maximum Gasteiger partial charge on any atom is 0.286 e. The van der Waals surface area contributed by atoms with Crippen LogP contribution in [0.25, 0.3) is 0 Å². The number of hydrogen-bond acceptors (Lipinski definition) is 9. The van der Waals surface area contributed by atoms with Gasteiger partial charge in [-0.05, 0) is 92.3 Å². The number of nitrogens with zero attached hydrogens (tertiary/aromatic N) is 6. The topological polar surface area (TPSA) is 142 Å². The molecule has 2 aromatic carbocycles. The number of amides is 2. The molecule has 1 saturated carbocycles. The van der Waals surface area contributed by atoms with Gasteiger partial charge in [-0.25, -0.2) is 9.19 Å². The molecule has 1 N–H and O–H groups in total. The minimum Gasteiger partial charge on any atom is -0.490 e. The van der Waals surface area contributed by atoms with Gasteiger partial charge in [-0.1, -0.05) is 36.7 Å². The zero-order chi connectivity index (χ0) is 40.8. The number of ether oxygens (including phenoxy) is 3. The number of hydrogen-bond donors (Lipinski definition) is 1. The number of methoxy groups -OCH3 is 1. The van der Waals surface area contributed by atoms with Gasteiger partial charge in [0.1, 0.15) is 15.7 Å². The first-order valence-electron chi connectivity index (χ1n) is 20.0. The van der Waals surface area contributed by atoms with Crippen molar-refractivity contribution in [3.05, 3.63) is 106 Å². The van der Waals surface area contributed by atoms with E-state index in [1.165, 1.54) is 15.8 Å². The maximum absolute atomic E-state index is 15.1. The summed E-state index contributed by atoms with van der Waals surface area (Å²) in [6, 6.07) is 11.5. The molecule has 1 unspecified atom stereocenters. The number of benzene rings is 2. The standard InChI is InChI=1S/C43H52ClN7O6S/c1-27-23-58(54,48-42(53)35-21-50(4)46-28(35)2)47-41(52)30-9-13-40-37(18-30)51(24-43(25-57-40)16-6-7-29-17-32(44)10-12-36(29)43)19-31-8-11-34(31)39(55-5)15-14-38(27)56-22-33-20-49(3)26-45-33/h9-10,12-15,17-18,20-21,26-27,31,34,38-39H,6-8,11,16,19,22-25H2,1-5H3,(H,47,48,52,53,54)/b15-14+/t27-,31+,34-,38+,39+,43+,58?/m1/s1. The summed E-state index contributed by atoms with van der Waals surface area (Å²) in [6.45, 7) is 5.67. The van der Waals surface area contributed by atoms with Gasteiger partial charge in [0, 0.05) is 68.6 Å². The second kappa shape index (κ2) is 16.3. The monoisotopic (exact) mass is 829 g/mol. The van der Waals surface area contributed by atoms with Crippen molar-refractivity contribution in [1.29, 1.82) is 0 Å². The first-order valence-corrected chi connectivity index (χ1v) is 22.1. The Bertz CT molecular complexity index is 2370. The van der Waals surface area contributed by atoms with Crippen molar-refractivity contribution in [2.75, 3.05) is 37.5 Å². The molecule has 2 amide bonds. The van der Waals surface area contributed by atoms with E-state index >= 15 is 4.21 Å². The van der Waals surface area contributed by atoms with E-state index in [0.717, 1.165) is 55.1 Å². The molecular formula is C43H52ClN7O6S. The molecule has 4 aromatic rings. The molecule has 1 fully saturated rings. The van der Waals surface area contributed by atoms with Crippen LogP contribution in [0, 0.1) is 24.7 Å². The van der Waals surface area contributed by atoms with Crippen molar-refractivity contribution >= 4 is 39.0 Å². The highest BCUT2D eigenvalue weighted by Crippen LogP contribution is 2.47. The summed E-state index contributed by atoms with van der Waals surface area (Å²) in [5.41, 5.74) is 4.68. The molecule has 2 bridgehead atoms. The lowest BCUT2D eigenvalue weighted by Gasteiger charge is -2.46. The summed E-state index contributed by atoms with van der Waals surface area (Å²) in [7, 11) is 1.60. The van der Waals surface area contributed by atoms with Gasteiger partial charge in [-0.15, -0.1) is 4.36 Å². The van der Waals surface area contributed by atoms with Crippen molar-refractivity contribution in [1.82, 2.24) is 24.1 Å². The summed E-state index contributed by atoms with van der Waals surface area (Å²) in [5.74, 6) is -0.761. The van der Waals surface area contributed by atoms with Crippen LogP contribution in [0.3, 0.4) is 0 Å². The fourth-order valence-corrected chi connectivity index (χ4v) is 11.4. The number of aryl methyl sites for hydroxylation is 4. The minimum absolute atomic E-state index is 0.170. The molecule has 13 nitrogen and oxygen atoms in total. The van der Waals surface area contributed by atoms with Crippen molar-refractivity contribution in [2.45, 2.75) is 70.2 Å². The number of carbonyl (C=O) groups excluding carboxylic acids is 2. The lowest BCUT2D eigenvalue weighted by Crippen LogP contribution is -2.49. The number of fused-ring (bicyclic) bond motifs is 4. The summed E-state index contributed by atoms with van der Waals surface area (Å²) in [6.07, 6.45) is 13.3. The summed E-state index contributed by atoms with van der Waals surface area (Å²) >= 11 is 6.50. The third-order valence-corrected chi connectivity index (χ3v) is 14.6. The average molecular weight is 830 g/mol. The van der Waals surface area contributed by atoms with Gasteiger partial charge in [0.05, 0.1) is 60.1 Å². The first-order chi connectivity index (χ1) is 27.8. The predicted molar refractivity (Wildman–Crippen MR) is 222 cm³/mol. The van der Waals surface area contributed by atoms with Gasteiger partial charge >= 0.3 is 0 Å². The first kappa shape index (κ1) is 40.3. The molecule has 4 aliphatic rings. The highest BCUT2D eigenvalue weighted by molar-refractivity contribution is 7.92. The van der Waals surface area contributed by atoms with E-state index in [-0.39, 0.29) is 40.9 Å². The highest BCUT2D eigenvalue weighted by atomic mass is 35.5. The van der Waals surface area contributed by atoms with E-state index < -0.39 is 33.8 Å². The van der Waals surface area contributed by atoms with E-state index in [4.69, 9.17) is 25.8 Å². The van der Waals surface area contributed by atoms with Crippen LogP contribution >= 0.6 is 11.6 Å². The second-order valence-electron chi connectivity index (χ2n) is 16.6. The van der Waals surface area contributed by atoms with Crippen molar-refractivity contribution in [3.63, 3.8) is 0 Å². The Balaban J connectivity index is 1.22. The Kier molecular flexibility index (Phi) is 11.3. The van der Waals surface area contributed by atoms with Gasteiger partial charge in [0.2, 0.25) is 0 Å². The summed E-state index contributed by atoms with van der Waals surface area (Å²) < 4.78 is 44.8. The number of imidazole rings is 1. The van der Waals surface area contributed by atoms with Crippen molar-refractivity contribution < 1.29 is 28.0 Å². The van der Waals surface area contributed by atoms with Crippen LogP contribution in [0.15, 0.2) is 71.6 Å². The Morgan fingerprint density at radius 3 is 2.67 bits per heavy atom. The number of anilines is 1. The fourth-order valence-electron chi connectivity index (χ4n) is 9.29. The average Bonchev–Trinajstić information content (AvgIpc) is 3.71. The maximum atomic E-state index is 15.1. The Morgan fingerprint density at radius 2 is 1.95 bits per heavy atom. The highest BCUT2D eigenvalue weighted by Gasteiger charge is 2.44.